The molecule has 20 heavy (non-hydrogen) atoms. The van der Waals surface area contributed by atoms with E-state index in [-0.39, 0.29) is 6.10 Å². The average Bonchev–Trinajstić information content (AvgIpc) is 2.39. The van der Waals surface area contributed by atoms with Crippen LogP contribution in [0.15, 0.2) is 42.5 Å². The molecule has 1 N–H and O–H groups in total. The Hall–Kier alpha value is -1.51. The van der Waals surface area contributed by atoms with Crippen molar-refractivity contribution in [3.05, 3.63) is 53.1 Å². The highest BCUT2D eigenvalue weighted by Crippen LogP contribution is 2.29. The summed E-state index contributed by atoms with van der Waals surface area (Å²) < 4.78 is 5.76. The van der Waals surface area contributed by atoms with E-state index in [1.807, 2.05) is 45.2 Å². The van der Waals surface area contributed by atoms with Crippen LogP contribution in [0.25, 0.3) is 11.1 Å². The van der Waals surface area contributed by atoms with E-state index in [1.165, 1.54) is 11.1 Å². The minimum Gasteiger partial charge on any atom is -0.491 e. The van der Waals surface area contributed by atoms with Gasteiger partial charge in [0.1, 0.15) is 5.75 Å². The summed E-state index contributed by atoms with van der Waals surface area (Å²) in [5.41, 5.74) is 3.50. The van der Waals surface area contributed by atoms with E-state index in [0.29, 0.717) is 0 Å². The molecule has 2 aromatic rings. The number of rotatable bonds is 5. The molecule has 0 aliphatic rings. The van der Waals surface area contributed by atoms with Crippen molar-refractivity contribution in [2.45, 2.75) is 26.5 Å². The van der Waals surface area contributed by atoms with Gasteiger partial charge in [-0.3, -0.25) is 0 Å². The summed E-state index contributed by atoms with van der Waals surface area (Å²) in [6, 6.07) is 14.2. The SMILES string of the molecule is CNCc1cc(Cl)ccc1-c1cccc(OC(C)C)c1. The van der Waals surface area contributed by atoms with Crippen molar-refractivity contribution in [3.8, 4) is 16.9 Å². The first kappa shape index (κ1) is 14.9. The van der Waals surface area contributed by atoms with Crippen molar-refractivity contribution in [1.82, 2.24) is 5.32 Å². The lowest BCUT2D eigenvalue weighted by atomic mass is 9.99. The lowest BCUT2D eigenvalue weighted by Gasteiger charge is -2.13. The maximum atomic E-state index is 6.09. The average molecular weight is 290 g/mol. The molecule has 3 heteroatoms. The third-order valence-electron chi connectivity index (χ3n) is 2.95. The third-order valence-corrected chi connectivity index (χ3v) is 3.19. The van der Waals surface area contributed by atoms with Gasteiger partial charge in [-0.1, -0.05) is 29.8 Å². The molecule has 106 valence electrons. The summed E-state index contributed by atoms with van der Waals surface area (Å²) >= 11 is 6.09. The number of halogens is 1. The molecule has 0 aliphatic heterocycles. The van der Waals surface area contributed by atoms with Gasteiger partial charge < -0.3 is 10.1 Å². The molecule has 0 amide bonds. The van der Waals surface area contributed by atoms with Gasteiger partial charge in [-0.25, -0.2) is 0 Å². The molecule has 0 atom stereocenters. The van der Waals surface area contributed by atoms with E-state index in [4.69, 9.17) is 16.3 Å². The van der Waals surface area contributed by atoms with E-state index >= 15 is 0 Å². The monoisotopic (exact) mass is 289 g/mol. The Kier molecular flexibility index (Phi) is 5.05. The Morgan fingerprint density at radius 1 is 1.15 bits per heavy atom. The van der Waals surface area contributed by atoms with Crippen molar-refractivity contribution in [2.24, 2.45) is 0 Å². The Bertz CT molecular complexity index is 581. The summed E-state index contributed by atoms with van der Waals surface area (Å²) in [6.45, 7) is 4.84. The minimum absolute atomic E-state index is 0.173. The first-order valence-electron chi connectivity index (χ1n) is 6.80. The van der Waals surface area contributed by atoms with E-state index in [9.17, 15) is 0 Å². The zero-order valence-electron chi connectivity index (χ0n) is 12.1. The number of ether oxygens (including phenoxy) is 1. The highest BCUT2D eigenvalue weighted by Gasteiger charge is 2.07. The molecule has 0 spiro atoms. The van der Waals surface area contributed by atoms with Crippen molar-refractivity contribution in [1.29, 1.82) is 0 Å². The Morgan fingerprint density at radius 2 is 1.95 bits per heavy atom. The zero-order chi connectivity index (χ0) is 14.5. The van der Waals surface area contributed by atoms with Gasteiger partial charge in [0.2, 0.25) is 0 Å². The smallest absolute Gasteiger partial charge is 0.120 e. The third kappa shape index (κ3) is 3.75. The number of nitrogens with one attached hydrogen (secondary N) is 1. The maximum absolute atomic E-state index is 6.09. The summed E-state index contributed by atoms with van der Waals surface area (Å²) in [6.07, 6.45) is 0.173. The molecular weight excluding hydrogens is 270 g/mol. The van der Waals surface area contributed by atoms with Gasteiger partial charge in [-0.05, 0) is 61.9 Å². The second-order valence-corrected chi connectivity index (χ2v) is 5.46. The van der Waals surface area contributed by atoms with Crippen LogP contribution in [0, 0.1) is 0 Å². The minimum atomic E-state index is 0.173. The molecule has 0 saturated carbocycles. The number of hydrogen-bond acceptors (Lipinski definition) is 2. The Labute approximate surface area is 125 Å². The fraction of sp³-hybridized carbons (Fsp3) is 0.294. The number of hydrogen-bond donors (Lipinski definition) is 1. The van der Waals surface area contributed by atoms with Crippen LogP contribution in [0.5, 0.6) is 5.75 Å². The van der Waals surface area contributed by atoms with Gasteiger partial charge in [-0.15, -0.1) is 0 Å². The fourth-order valence-electron chi connectivity index (χ4n) is 2.19. The van der Waals surface area contributed by atoms with Crippen molar-refractivity contribution in [3.63, 3.8) is 0 Å². The molecule has 0 fully saturated rings. The molecule has 0 aliphatic carbocycles. The molecule has 2 nitrogen and oxygen atoms in total. The van der Waals surface area contributed by atoms with Gasteiger partial charge in [-0.2, -0.15) is 0 Å². The Morgan fingerprint density at radius 3 is 2.65 bits per heavy atom. The summed E-state index contributed by atoms with van der Waals surface area (Å²) in [4.78, 5) is 0. The van der Waals surface area contributed by atoms with Crippen LogP contribution >= 0.6 is 11.6 Å². The van der Waals surface area contributed by atoms with Crippen LogP contribution in [0.4, 0.5) is 0 Å². The predicted octanol–water partition coefficient (Wildman–Crippen LogP) is 4.51. The topological polar surface area (TPSA) is 21.3 Å². The summed E-state index contributed by atoms with van der Waals surface area (Å²) in [5.74, 6) is 0.892. The zero-order valence-corrected chi connectivity index (χ0v) is 12.9. The standard InChI is InChI=1S/C17H20ClNO/c1-12(2)20-16-6-4-5-13(10-16)17-8-7-15(18)9-14(17)11-19-3/h4-10,12,19H,11H2,1-3H3. The van der Waals surface area contributed by atoms with Gasteiger partial charge in [0.05, 0.1) is 6.10 Å². The molecular formula is C17H20ClNO. The first-order chi connectivity index (χ1) is 9.60. The second kappa shape index (κ2) is 6.78. The van der Waals surface area contributed by atoms with Crippen molar-refractivity contribution in [2.75, 3.05) is 7.05 Å². The van der Waals surface area contributed by atoms with E-state index < -0.39 is 0 Å². The normalized spacial score (nSPS) is 10.8. The van der Waals surface area contributed by atoms with E-state index in [2.05, 4.69) is 23.5 Å². The van der Waals surface area contributed by atoms with Gasteiger partial charge in [0.25, 0.3) is 0 Å². The van der Waals surface area contributed by atoms with Crippen molar-refractivity contribution < 1.29 is 4.74 Å². The lowest BCUT2D eigenvalue weighted by Crippen LogP contribution is -2.07. The largest absolute Gasteiger partial charge is 0.491 e. The highest BCUT2D eigenvalue weighted by molar-refractivity contribution is 6.30. The summed E-state index contributed by atoms with van der Waals surface area (Å²) in [5, 5.41) is 3.94. The molecule has 2 aromatic carbocycles. The predicted molar refractivity (Wildman–Crippen MR) is 85.4 cm³/mol. The molecule has 0 unspecified atom stereocenters. The van der Waals surface area contributed by atoms with Gasteiger partial charge >= 0.3 is 0 Å². The van der Waals surface area contributed by atoms with Crippen LogP contribution in [0.1, 0.15) is 19.4 Å². The molecule has 0 saturated heterocycles. The fourth-order valence-corrected chi connectivity index (χ4v) is 2.38. The summed E-state index contributed by atoms with van der Waals surface area (Å²) in [7, 11) is 1.93. The quantitative estimate of drug-likeness (QED) is 0.874. The molecule has 2 rings (SSSR count). The van der Waals surface area contributed by atoms with Crippen LogP contribution in [-0.4, -0.2) is 13.2 Å². The first-order valence-corrected chi connectivity index (χ1v) is 7.18. The molecule has 0 aromatic heterocycles. The van der Waals surface area contributed by atoms with Crippen molar-refractivity contribution >= 4 is 11.6 Å². The highest BCUT2D eigenvalue weighted by atomic mass is 35.5. The van der Waals surface area contributed by atoms with Crippen LogP contribution < -0.4 is 10.1 Å². The molecule has 0 radical (unpaired) electrons. The number of benzene rings is 2. The van der Waals surface area contributed by atoms with E-state index in [1.54, 1.807) is 0 Å². The van der Waals surface area contributed by atoms with Gasteiger partial charge in [0, 0.05) is 11.6 Å². The van der Waals surface area contributed by atoms with Crippen LogP contribution in [0.3, 0.4) is 0 Å². The van der Waals surface area contributed by atoms with Crippen LogP contribution in [-0.2, 0) is 6.54 Å². The second-order valence-electron chi connectivity index (χ2n) is 5.03. The lowest BCUT2D eigenvalue weighted by molar-refractivity contribution is 0.242. The van der Waals surface area contributed by atoms with Crippen LogP contribution in [0.2, 0.25) is 5.02 Å². The molecule has 0 bridgehead atoms. The van der Waals surface area contributed by atoms with E-state index in [0.717, 1.165) is 22.9 Å². The molecule has 0 heterocycles. The maximum Gasteiger partial charge on any atom is 0.120 e. The van der Waals surface area contributed by atoms with Gasteiger partial charge in [0.15, 0.2) is 0 Å². The Balaban J connectivity index is 2.40.